The van der Waals surface area contributed by atoms with Gasteiger partial charge in [0.2, 0.25) is 0 Å². The van der Waals surface area contributed by atoms with Gasteiger partial charge < -0.3 is 15.0 Å². The lowest BCUT2D eigenvalue weighted by atomic mass is 10.1. The minimum absolute atomic E-state index is 0.226. The molecule has 3 heterocycles. The highest BCUT2D eigenvalue weighted by Gasteiger charge is 2.26. The van der Waals surface area contributed by atoms with Gasteiger partial charge in [-0.3, -0.25) is 0 Å². The summed E-state index contributed by atoms with van der Waals surface area (Å²) >= 11 is 0. The van der Waals surface area contributed by atoms with Gasteiger partial charge in [-0.15, -0.1) is 0 Å². The number of benzene rings is 2. The molecular weight excluding hydrogens is 364 g/mol. The second kappa shape index (κ2) is 6.58. The normalized spacial score (nSPS) is 16.8. The summed E-state index contributed by atoms with van der Waals surface area (Å²) in [5, 5.41) is 10.5. The number of hydrogen-bond donors (Lipinski definition) is 2. The number of aromatic amines is 1. The summed E-state index contributed by atoms with van der Waals surface area (Å²) in [5.74, 6) is -0.126. The first-order chi connectivity index (χ1) is 14.0. The zero-order valence-electron chi connectivity index (χ0n) is 16.4. The van der Waals surface area contributed by atoms with Crippen LogP contribution < -0.4 is 4.90 Å². The van der Waals surface area contributed by atoms with Crippen LogP contribution in [-0.4, -0.2) is 38.6 Å². The third-order valence-corrected chi connectivity index (χ3v) is 5.75. The molecule has 6 nitrogen and oxygen atoms in total. The average molecular weight is 386 g/mol. The first kappa shape index (κ1) is 17.7. The monoisotopic (exact) mass is 386 g/mol. The van der Waals surface area contributed by atoms with Crippen molar-refractivity contribution < 1.29 is 9.90 Å². The predicted molar refractivity (Wildman–Crippen MR) is 115 cm³/mol. The van der Waals surface area contributed by atoms with Crippen molar-refractivity contribution in [2.75, 3.05) is 11.4 Å². The molecule has 0 radical (unpaired) electrons. The average Bonchev–Trinajstić information content (AvgIpc) is 3.30. The van der Waals surface area contributed by atoms with Crippen LogP contribution in [0.5, 0.6) is 0 Å². The molecule has 1 saturated heterocycles. The van der Waals surface area contributed by atoms with Crippen molar-refractivity contribution in [3.05, 3.63) is 53.7 Å². The molecule has 146 valence electrons. The number of fused-ring (bicyclic) bond motifs is 2. The number of carboxylic acid groups (broad SMARTS) is 1. The van der Waals surface area contributed by atoms with Gasteiger partial charge in [-0.25, -0.2) is 14.8 Å². The highest BCUT2D eigenvalue weighted by Crippen LogP contribution is 2.35. The molecule has 0 spiro atoms. The van der Waals surface area contributed by atoms with Gasteiger partial charge in [-0.1, -0.05) is 6.07 Å². The van der Waals surface area contributed by atoms with E-state index in [1.54, 1.807) is 18.2 Å². The van der Waals surface area contributed by atoms with Crippen molar-refractivity contribution in [2.45, 2.75) is 32.7 Å². The largest absolute Gasteiger partial charge is 0.478 e. The molecule has 1 atom stereocenters. The number of aromatic nitrogens is 3. The Morgan fingerprint density at radius 2 is 2.00 bits per heavy atom. The second-order valence-electron chi connectivity index (χ2n) is 7.84. The number of nitrogens with one attached hydrogen (secondary N) is 1. The molecule has 1 unspecified atom stereocenters. The van der Waals surface area contributed by atoms with Gasteiger partial charge in [0.25, 0.3) is 0 Å². The Balaban J connectivity index is 1.74. The van der Waals surface area contributed by atoms with E-state index in [-0.39, 0.29) is 5.56 Å². The van der Waals surface area contributed by atoms with Crippen LogP contribution in [0.4, 0.5) is 5.82 Å². The quantitative estimate of drug-likeness (QED) is 0.530. The molecule has 6 heteroatoms. The maximum Gasteiger partial charge on any atom is 0.335 e. The number of rotatable bonds is 3. The van der Waals surface area contributed by atoms with Crippen LogP contribution >= 0.6 is 0 Å². The maximum absolute atomic E-state index is 11.4. The number of H-pyrrole nitrogens is 1. The Bertz CT molecular complexity index is 1260. The topological polar surface area (TPSA) is 82.1 Å². The Labute approximate surface area is 168 Å². The van der Waals surface area contributed by atoms with Crippen LogP contribution in [0, 0.1) is 6.92 Å². The molecule has 29 heavy (non-hydrogen) atoms. The van der Waals surface area contributed by atoms with Crippen molar-refractivity contribution in [3.8, 4) is 11.3 Å². The van der Waals surface area contributed by atoms with Crippen LogP contribution in [0.1, 0.15) is 35.8 Å². The van der Waals surface area contributed by atoms with Gasteiger partial charge in [0.1, 0.15) is 5.69 Å². The van der Waals surface area contributed by atoms with Crippen molar-refractivity contribution in [3.63, 3.8) is 0 Å². The molecule has 0 amide bonds. The van der Waals surface area contributed by atoms with E-state index in [1.165, 1.54) is 0 Å². The van der Waals surface area contributed by atoms with Gasteiger partial charge in [0.15, 0.2) is 5.82 Å². The minimum atomic E-state index is -0.956. The molecule has 1 aliphatic heterocycles. The lowest BCUT2D eigenvalue weighted by molar-refractivity contribution is 0.0697. The molecule has 1 fully saturated rings. The SMILES string of the molecule is Cc1cc2cc(-c3nc4ccc(C(=O)O)cc4nc3N3CCCC3C)ccc2[nH]1. The Morgan fingerprint density at radius 3 is 2.76 bits per heavy atom. The fraction of sp³-hybridized carbons (Fsp3) is 0.261. The van der Waals surface area contributed by atoms with E-state index in [2.05, 4.69) is 41.1 Å². The Hall–Kier alpha value is -3.41. The van der Waals surface area contributed by atoms with E-state index < -0.39 is 5.97 Å². The summed E-state index contributed by atoms with van der Waals surface area (Å²) in [7, 11) is 0. The summed E-state index contributed by atoms with van der Waals surface area (Å²) in [6.07, 6.45) is 2.23. The lowest BCUT2D eigenvalue weighted by Crippen LogP contribution is -2.28. The fourth-order valence-corrected chi connectivity index (χ4v) is 4.24. The molecule has 0 aliphatic carbocycles. The molecule has 0 bridgehead atoms. The summed E-state index contributed by atoms with van der Waals surface area (Å²) < 4.78 is 0. The molecular formula is C23H22N4O2. The number of carboxylic acids is 1. The standard InChI is InChI=1S/C23H22N4O2/c1-13-10-17-11-15(5-7-18(17)24-13)21-22(27-9-3-4-14(27)2)26-20-12-16(23(28)29)6-8-19(20)25-21/h5-8,10-12,14,24H,3-4,9H2,1-2H3,(H,28,29). The third-order valence-electron chi connectivity index (χ3n) is 5.75. The zero-order chi connectivity index (χ0) is 20.1. The summed E-state index contributed by atoms with van der Waals surface area (Å²) in [6, 6.07) is 13.7. The van der Waals surface area contributed by atoms with E-state index in [4.69, 9.17) is 9.97 Å². The number of carbonyl (C=O) groups is 1. The maximum atomic E-state index is 11.4. The molecule has 2 aromatic heterocycles. The van der Waals surface area contributed by atoms with E-state index >= 15 is 0 Å². The number of nitrogens with zero attached hydrogens (tertiary/aromatic N) is 3. The van der Waals surface area contributed by atoms with Crippen molar-refractivity contribution in [1.29, 1.82) is 0 Å². The highest BCUT2D eigenvalue weighted by molar-refractivity contribution is 5.94. The highest BCUT2D eigenvalue weighted by atomic mass is 16.4. The van der Waals surface area contributed by atoms with Gasteiger partial charge in [-0.05, 0) is 63.1 Å². The smallest absolute Gasteiger partial charge is 0.335 e. The summed E-state index contributed by atoms with van der Waals surface area (Å²) in [6.45, 7) is 5.18. The number of aromatic carboxylic acids is 1. The van der Waals surface area contributed by atoms with Crippen LogP contribution in [-0.2, 0) is 0 Å². The summed E-state index contributed by atoms with van der Waals surface area (Å²) in [4.78, 5) is 26.9. The van der Waals surface area contributed by atoms with Gasteiger partial charge >= 0.3 is 5.97 Å². The van der Waals surface area contributed by atoms with Crippen LogP contribution in [0.15, 0.2) is 42.5 Å². The van der Waals surface area contributed by atoms with Gasteiger partial charge in [0, 0.05) is 34.7 Å². The van der Waals surface area contributed by atoms with E-state index in [9.17, 15) is 9.90 Å². The predicted octanol–water partition coefficient (Wildman–Crippen LogP) is 4.77. The number of hydrogen-bond acceptors (Lipinski definition) is 4. The molecule has 5 rings (SSSR count). The van der Waals surface area contributed by atoms with Crippen molar-refractivity contribution in [1.82, 2.24) is 15.0 Å². The zero-order valence-corrected chi connectivity index (χ0v) is 16.4. The molecule has 4 aromatic rings. The lowest BCUT2D eigenvalue weighted by Gasteiger charge is -2.25. The molecule has 1 aliphatic rings. The van der Waals surface area contributed by atoms with Crippen LogP contribution in [0.25, 0.3) is 33.2 Å². The van der Waals surface area contributed by atoms with E-state index in [0.29, 0.717) is 17.1 Å². The van der Waals surface area contributed by atoms with Gasteiger partial charge in [-0.2, -0.15) is 0 Å². The minimum Gasteiger partial charge on any atom is -0.478 e. The van der Waals surface area contributed by atoms with E-state index in [0.717, 1.165) is 53.1 Å². The second-order valence-corrected chi connectivity index (χ2v) is 7.84. The van der Waals surface area contributed by atoms with Crippen molar-refractivity contribution >= 4 is 33.7 Å². The fourth-order valence-electron chi connectivity index (χ4n) is 4.24. The van der Waals surface area contributed by atoms with E-state index in [1.807, 2.05) is 6.92 Å². The summed E-state index contributed by atoms with van der Waals surface area (Å²) in [5.41, 5.74) is 5.62. The first-order valence-corrected chi connectivity index (χ1v) is 9.91. The molecule has 2 N–H and O–H groups in total. The van der Waals surface area contributed by atoms with Crippen LogP contribution in [0.3, 0.4) is 0 Å². The number of anilines is 1. The van der Waals surface area contributed by atoms with Crippen molar-refractivity contribution in [2.24, 2.45) is 0 Å². The van der Waals surface area contributed by atoms with Gasteiger partial charge in [0.05, 0.1) is 16.6 Å². The first-order valence-electron chi connectivity index (χ1n) is 9.91. The number of aryl methyl sites for hydroxylation is 1. The third kappa shape index (κ3) is 3.01. The van der Waals surface area contributed by atoms with Crippen LogP contribution in [0.2, 0.25) is 0 Å². The molecule has 0 saturated carbocycles. The molecule has 2 aromatic carbocycles. The Kier molecular flexibility index (Phi) is 4.01. The Morgan fingerprint density at radius 1 is 1.14 bits per heavy atom.